The minimum Gasteiger partial charge on any atom is -0.484 e. The van der Waals surface area contributed by atoms with Crippen LogP contribution in [0.5, 0.6) is 0 Å². The Bertz CT molecular complexity index is 332. The maximum atomic E-state index is 11.3. The van der Waals surface area contributed by atoms with E-state index in [9.17, 15) is 4.79 Å². The highest BCUT2D eigenvalue weighted by atomic mass is 16.5. The molecule has 1 heterocycles. The highest BCUT2D eigenvalue weighted by molar-refractivity contribution is 5.96. The fraction of sp³-hybridized carbons (Fsp3) is 0.100. The summed E-state index contributed by atoms with van der Waals surface area (Å²) in [6.07, 6.45) is 2.80. The van der Waals surface area contributed by atoms with Gasteiger partial charge >= 0.3 is 0 Å². The molecule has 2 rings (SSSR count). The van der Waals surface area contributed by atoms with Gasteiger partial charge in [-0.05, 0) is 12.1 Å². The van der Waals surface area contributed by atoms with Crippen molar-refractivity contribution in [3.05, 3.63) is 42.7 Å². The van der Waals surface area contributed by atoms with Gasteiger partial charge in [0.25, 0.3) is 5.91 Å². The Balaban J connectivity index is 1.98. The summed E-state index contributed by atoms with van der Waals surface area (Å²) in [5, 5.41) is 2.73. The molecule has 0 fully saturated rings. The summed E-state index contributed by atoms with van der Waals surface area (Å²) < 4.78 is 4.87. The molecule has 0 aliphatic carbocycles. The van der Waals surface area contributed by atoms with Gasteiger partial charge in [0.2, 0.25) is 0 Å². The number of para-hydroxylation sites is 1. The highest BCUT2D eigenvalue weighted by Crippen LogP contribution is 2.11. The van der Waals surface area contributed by atoms with Gasteiger partial charge in [-0.3, -0.25) is 4.79 Å². The number of hydrogen-bond donors (Lipinski definition) is 1. The molecule has 0 saturated carbocycles. The van der Waals surface area contributed by atoms with Gasteiger partial charge < -0.3 is 10.1 Å². The van der Waals surface area contributed by atoms with E-state index in [4.69, 9.17) is 4.74 Å². The number of nitrogens with one attached hydrogen (secondary N) is 1. The van der Waals surface area contributed by atoms with E-state index in [-0.39, 0.29) is 5.91 Å². The van der Waals surface area contributed by atoms with E-state index in [0.29, 0.717) is 0 Å². The van der Waals surface area contributed by atoms with Crippen molar-refractivity contribution in [2.75, 3.05) is 5.32 Å². The summed E-state index contributed by atoms with van der Waals surface area (Å²) in [6.45, 7) is 0. The first-order valence-corrected chi connectivity index (χ1v) is 4.04. The average Bonchev–Trinajstić information content (AvgIpc) is 2.02. The number of anilines is 1. The monoisotopic (exact) mass is 175 g/mol. The number of carbonyl (C=O) groups excluding carboxylic acids is 1. The van der Waals surface area contributed by atoms with Gasteiger partial charge in [-0.15, -0.1) is 0 Å². The Morgan fingerprint density at radius 1 is 1.31 bits per heavy atom. The van der Waals surface area contributed by atoms with Crippen molar-refractivity contribution in [3.63, 3.8) is 0 Å². The molecule has 66 valence electrons. The molecule has 1 aliphatic rings. The van der Waals surface area contributed by atoms with Crippen LogP contribution in [-0.4, -0.2) is 12.0 Å². The van der Waals surface area contributed by atoms with Crippen LogP contribution in [0.2, 0.25) is 0 Å². The minimum absolute atomic E-state index is 0.131. The van der Waals surface area contributed by atoms with Crippen molar-refractivity contribution in [1.82, 2.24) is 0 Å². The van der Waals surface area contributed by atoms with Crippen molar-refractivity contribution in [2.24, 2.45) is 0 Å². The lowest BCUT2D eigenvalue weighted by atomic mass is 10.2. The zero-order chi connectivity index (χ0) is 9.10. The van der Waals surface area contributed by atoms with Gasteiger partial charge in [0.15, 0.2) is 6.10 Å². The van der Waals surface area contributed by atoms with E-state index in [0.717, 1.165) is 5.69 Å². The average molecular weight is 175 g/mol. The first-order chi connectivity index (χ1) is 6.36. The summed E-state index contributed by atoms with van der Waals surface area (Å²) in [4.78, 5) is 11.3. The zero-order valence-electron chi connectivity index (χ0n) is 6.94. The van der Waals surface area contributed by atoms with Crippen molar-refractivity contribution in [3.8, 4) is 0 Å². The molecular formula is C10H9NO2. The molecule has 3 nitrogen and oxygen atoms in total. The van der Waals surface area contributed by atoms with Crippen LogP contribution in [0.4, 0.5) is 5.69 Å². The summed E-state index contributed by atoms with van der Waals surface area (Å²) in [5.74, 6) is -0.131. The maximum Gasteiger partial charge on any atom is 0.269 e. The van der Waals surface area contributed by atoms with Crippen LogP contribution in [0.1, 0.15) is 0 Å². The molecule has 1 unspecified atom stereocenters. The van der Waals surface area contributed by atoms with Gasteiger partial charge in [-0.1, -0.05) is 18.2 Å². The van der Waals surface area contributed by atoms with Crippen LogP contribution in [0.25, 0.3) is 0 Å². The fourth-order valence-electron chi connectivity index (χ4n) is 1.04. The highest BCUT2D eigenvalue weighted by Gasteiger charge is 2.20. The minimum atomic E-state index is -0.416. The smallest absolute Gasteiger partial charge is 0.269 e. The second-order valence-corrected chi connectivity index (χ2v) is 2.74. The molecule has 1 aromatic carbocycles. The molecule has 0 spiro atoms. The number of hydrogen-bond acceptors (Lipinski definition) is 2. The third kappa shape index (κ3) is 1.69. The van der Waals surface area contributed by atoms with Crippen LogP contribution in [0.3, 0.4) is 0 Å². The summed E-state index contributed by atoms with van der Waals surface area (Å²) >= 11 is 0. The lowest BCUT2D eigenvalue weighted by Crippen LogP contribution is -2.31. The van der Waals surface area contributed by atoms with Crippen LogP contribution in [0, 0.1) is 0 Å². The number of rotatable bonds is 2. The van der Waals surface area contributed by atoms with Gasteiger partial charge in [0, 0.05) is 11.8 Å². The molecule has 1 N–H and O–H groups in total. The van der Waals surface area contributed by atoms with Gasteiger partial charge in [-0.25, -0.2) is 0 Å². The normalized spacial score (nSPS) is 18.6. The molecule has 0 saturated heterocycles. The molecule has 13 heavy (non-hydrogen) atoms. The Morgan fingerprint density at radius 3 is 2.54 bits per heavy atom. The maximum absolute atomic E-state index is 11.3. The first-order valence-electron chi connectivity index (χ1n) is 4.04. The summed E-state index contributed by atoms with van der Waals surface area (Å²) in [5.41, 5.74) is 0.788. The molecule has 0 aromatic heterocycles. The molecule has 1 aromatic rings. The zero-order valence-corrected chi connectivity index (χ0v) is 6.94. The van der Waals surface area contributed by atoms with Crippen LogP contribution >= 0.6 is 0 Å². The second kappa shape index (κ2) is 3.31. The predicted molar refractivity (Wildman–Crippen MR) is 49.1 cm³/mol. The van der Waals surface area contributed by atoms with E-state index < -0.39 is 6.10 Å². The van der Waals surface area contributed by atoms with Gasteiger partial charge in [0.1, 0.15) is 0 Å². The Morgan fingerprint density at radius 2 is 2.00 bits per heavy atom. The fourth-order valence-corrected chi connectivity index (χ4v) is 1.04. The van der Waals surface area contributed by atoms with E-state index in [1.165, 1.54) is 6.26 Å². The molecule has 0 radical (unpaired) electrons. The summed E-state index contributed by atoms with van der Waals surface area (Å²) in [7, 11) is 0. The number of ether oxygens (including phenoxy) is 1. The molecule has 1 atom stereocenters. The second-order valence-electron chi connectivity index (χ2n) is 2.74. The predicted octanol–water partition coefficient (Wildman–Crippen LogP) is 1.54. The lowest BCUT2D eigenvalue weighted by Gasteiger charge is -2.18. The quantitative estimate of drug-likeness (QED) is 0.740. The summed E-state index contributed by atoms with van der Waals surface area (Å²) in [6, 6.07) is 9.30. The van der Waals surface area contributed by atoms with Gasteiger partial charge in [-0.2, -0.15) is 0 Å². The van der Waals surface area contributed by atoms with Crippen molar-refractivity contribution in [1.29, 1.82) is 0 Å². The molecule has 0 bridgehead atoms. The SMILES string of the molecule is O=C(Nc1ccccc1)C1C=CO1. The van der Waals surface area contributed by atoms with Crippen molar-refractivity contribution in [2.45, 2.75) is 6.10 Å². The van der Waals surface area contributed by atoms with Gasteiger partial charge in [0.05, 0.1) is 6.26 Å². The van der Waals surface area contributed by atoms with Crippen molar-refractivity contribution >= 4 is 11.6 Å². The van der Waals surface area contributed by atoms with E-state index in [1.54, 1.807) is 6.08 Å². The molecule has 1 aliphatic heterocycles. The lowest BCUT2D eigenvalue weighted by molar-refractivity contribution is -0.123. The van der Waals surface area contributed by atoms with Crippen LogP contribution < -0.4 is 5.32 Å². The Kier molecular flexibility index (Phi) is 2.00. The molecular weight excluding hydrogens is 166 g/mol. The van der Waals surface area contributed by atoms with E-state index in [2.05, 4.69) is 5.32 Å². The van der Waals surface area contributed by atoms with E-state index in [1.807, 2.05) is 30.3 Å². The Labute approximate surface area is 76.0 Å². The Hall–Kier alpha value is -1.77. The topological polar surface area (TPSA) is 38.3 Å². The molecule has 1 amide bonds. The number of benzene rings is 1. The first kappa shape index (κ1) is 7.86. The largest absolute Gasteiger partial charge is 0.484 e. The van der Waals surface area contributed by atoms with Crippen LogP contribution in [0.15, 0.2) is 42.7 Å². The number of amides is 1. The number of carbonyl (C=O) groups is 1. The standard InChI is InChI=1S/C10H9NO2/c12-10(9-6-7-13-9)11-8-4-2-1-3-5-8/h1-7,9H,(H,11,12). The third-order valence-electron chi connectivity index (χ3n) is 1.78. The third-order valence-corrected chi connectivity index (χ3v) is 1.78. The van der Waals surface area contributed by atoms with Crippen LogP contribution in [-0.2, 0) is 9.53 Å². The van der Waals surface area contributed by atoms with E-state index >= 15 is 0 Å². The molecule has 3 heteroatoms. The van der Waals surface area contributed by atoms with Crippen molar-refractivity contribution < 1.29 is 9.53 Å².